The Bertz CT molecular complexity index is 1150. The number of benzene rings is 2. The lowest BCUT2D eigenvalue weighted by molar-refractivity contribution is 0.0664. The molecule has 0 bridgehead atoms. The van der Waals surface area contributed by atoms with Crippen LogP contribution in [0.2, 0.25) is 5.02 Å². The Morgan fingerprint density at radius 1 is 0.968 bits per heavy atom. The van der Waals surface area contributed by atoms with Crippen LogP contribution in [0.3, 0.4) is 0 Å². The van der Waals surface area contributed by atoms with Crippen LogP contribution in [-0.4, -0.2) is 45.1 Å². The number of nitrogens with zero attached hydrogens (tertiary/aromatic N) is 2. The van der Waals surface area contributed by atoms with Crippen molar-refractivity contribution in [3.8, 4) is 5.69 Å². The lowest BCUT2D eigenvalue weighted by atomic mass is 10.1. The Morgan fingerprint density at radius 2 is 1.58 bits per heavy atom. The zero-order valence-electron chi connectivity index (χ0n) is 17.2. The summed E-state index contributed by atoms with van der Waals surface area (Å²) in [6.07, 6.45) is 0. The highest BCUT2D eigenvalue weighted by atomic mass is 35.5. The van der Waals surface area contributed by atoms with Gasteiger partial charge in [-0.1, -0.05) is 23.7 Å². The molecule has 3 aromatic rings. The van der Waals surface area contributed by atoms with E-state index in [4.69, 9.17) is 11.6 Å². The molecule has 0 atom stereocenters. The van der Waals surface area contributed by atoms with Crippen LogP contribution in [0.15, 0.2) is 54.6 Å². The standard InChI is InChI=1S/C24H21ClN2O3S/c1-15-13-21(16(2)27(15)18-9-7-17(25)8-10-18)22(28)14-31-12-11-26-23(29)19-5-3-4-6-20(19)24(26)30/h3-10,13H,11-12,14H2,1-2H3. The summed E-state index contributed by atoms with van der Waals surface area (Å²) in [6.45, 7) is 4.18. The number of fused-ring (bicyclic) bond motifs is 1. The molecular weight excluding hydrogens is 432 g/mol. The average molecular weight is 453 g/mol. The molecule has 31 heavy (non-hydrogen) atoms. The molecule has 1 aliphatic heterocycles. The molecule has 158 valence electrons. The van der Waals surface area contributed by atoms with Crippen LogP contribution >= 0.6 is 23.4 Å². The third kappa shape index (κ3) is 4.05. The smallest absolute Gasteiger partial charge is 0.261 e. The quantitative estimate of drug-likeness (QED) is 0.289. The summed E-state index contributed by atoms with van der Waals surface area (Å²) in [6, 6.07) is 16.2. The normalized spacial score (nSPS) is 13.1. The maximum Gasteiger partial charge on any atom is 0.261 e. The van der Waals surface area contributed by atoms with Crippen molar-refractivity contribution in [2.75, 3.05) is 18.1 Å². The van der Waals surface area contributed by atoms with Crippen LogP contribution in [-0.2, 0) is 0 Å². The van der Waals surface area contributed by atoms with Gasteiger partial charge in [0, 0.05) is 40.0 Å². The van der Waals surface area contributed by atoms with Gasteiger partial charge in [0.25, 0.3) is 11.8 Å². The topological polar surface area (TPSA) is 59.4 Å². The number of aryl methyl sites for hydroxylation is 1. The first-order valence-corrected chi connectivity index (χ1v) is 11.4. The number of amides is 2. The van der Waals surface area contributed by atoms with Crippen molar-refractivity contribution in [3.63, 3.8) is 0 Å². The Hall–Kier alpha value is -2.83. The molecule has 2 heterocycles. The van der Waals surface area contributed by atoms with Gasteiger partial charge in [-0.3, -0.25) is 19.3 Å². The first-order chi connectivity index (χ1) is 14.9. The van der Waals surface area contributed by atoms with Crippen molar-refractivity contribution in [2.24, 2.45) is 0 Å². The highest BCUT2D eigenvalue weighted by Crippen LogP contribution is 2.25. The summed E-state index contributed by atoms with van der Waals surface area (Å²) in [5, 5.41) is 0.664. The van der Waals surface area contributed by atoms with Crippen LogP contribution < -0.4 is 0 Å². The number of Topliss-reactive ketones (excluding diaryl/α,β-unsaturated/α-hetero) is 1. The van der Waals surface area contributed by atoms with E-state index in [1.165, 1.54) is 16.7 Å². The fraction of sp³-hybridized carbons (Fsp3) is 0.208. The summed E-state index contributed by atoms with van der Waals surface area (Å²) in [7, 11) is 0. The van der Waals surface area contributed by atoms with Gasteiger partial charge in [0.2, 0.25) is 0 Å². The second-order valence-electron chi connectivity index (χ2n) is 7.38. The minimum atomic E-state index is -0.265. The largest absolute Gasteiger partial charge is 0.318 e. The van der Waals surface area contributed by atoms with Gasteiger partial charge in [-0.2, -0.15) is 11.8 Å². The third-order valence-electron chi connectivity index (χ3n) is 5.39. The molecule has 0 radical (unpaired) electrons. The number of hydrogen-bond acceptors (Lipinski definition) is 4. The molecule has 0 fully saturated rings. The lowest BCUT2D eigenvalue weighted by Crippen LogP contribution is -2.32. The Balaban J connectivity index is 1.37. The van der Waals surface area contributed by atoms with Crippen molar-refractivity contribution in [3.05, 3.63) is 87.7 Å². The lowest BCUT2D eigenvalue weighted by Gasteiger charge is -2.13. The fourth-order valence-corrected chi connectivity index (χ4v) is 4.80. The van der Waals surface area contributed by atoms with E-state index in [0.717, 1.165) is 17.1 Å². The zero-order chi connectivity index (χ0) is 22.1. The van der Waals surface area contributed by atoms with Gasteiger partial charge in [0.15, 0.2) is 5.78 Å². The number of hydrogen-bond donors (Lipinski definition) is 0. The van der Waals surface area contributed by atoms with E-state index in [1.54, 1.807) is 24.3 Å². The van der Waals surface area contributed by atoms with Crippen molar-refractivity contribution in [2.45, 2.75) is 13.8 Å². The molecule has 0 N–H and O–H groups in total. The van der Waals surface area contributed by atoms with E-state index in [-0.39, 0.29) is 29.9 Å². The number of thioether (sulfide) groups is 1. The average Bonchev–Trinajstić information content (AvgIpc) is 3.19. The third-order valence-corrected chi connectivity index (χ3v) is 6.58. The van der Waals surface area contributed by atoms with Crippen molar-refractivity contribution < 1.29 is 14.4 Å². The number of ketones is 1. The van der Waals surface area contributed by atoms with Crippen molar-refractivity contribution >= 4 is 41.0 Å². The van der Waals surface area contributed by atoms with Gasteiger partial charge in [0.05, 0.1) is 16.9 Å². The Kier molecular flexibility index (Phi) is 6.03. The number of carbonyl (C=O) groups is 3. The van der Waals surface area contributed by atoms with Gasteiger partial charge in [-0.05, 0) is 56.3 Å². The predicted molar refractivity (Wildman–Crippen MR) is 124 cm³/mol. The van der Waals surface area contributed by atoms with Crippen LogP contribution in [0.25, 0.3) is 5.69 Å². The summed E-state index contributed by atoms with van der Waals surface area (Å²) in [4.78, 5) is 38.9. The fourth-order valence-electron chi connectivity index (χ4n) is 3.87. The van der Waals surface area contributed by atoms with Gasteiger partial charge >= 0.3 is 0 Å². The van der Waals surface area contributed by atoms with Gasteiger partial charge in [-0.25, -0.2) is 0 Å². The number of rotatable bonds is 7. The summed E-state index contributed by atoms with van der Waals surface area (Å²) in [5.74, 6) is 0.292. The highest BCUT2D eigenvalue weighted by Gasteiger charge is 2.34. The second-order valence-corrected chi connectivity index (χ2v) is 8.92. The molecule has 1 aliphatic rings. The number of halogens is 1. The molecule has 0 unspecified atom stereocenters. The number of aromatic nitrogens is 1. The molecule has 5 nitrogen and oxygen atoms in total. The van der Waals surface area contributed by atoms with E-state index in [9.17, 15) is 14.4 Å². The molecule has 0 saturated heterocycles. The molecule has 4 rings (SSSR count). The van der Waals surface area contributed by atoms with Gasteiger partial charge < -0.3 is 4.57 Å². The van der Waals surface area contributed by atoms with Crippen LogP contribution in [0.1, 0.15) is 42.5 Å². The molecule has 2 aromatic carbocycles. The van der Waals surface area contributed by atoms with Crippen LogP contribution in [0.5, 0.6) is 0 Å². The maximum absolute atomic E-state index is 12.8. The molecule has 7 heteroatoms. The van der Waals surface area contributed by atoms with E-state index >= 15 is 0 Å². The van der Waals surface area contributed by atoms with Crippen molar-refractivity contribution in [1.29, 1.82) is 0 Å². The van der Waals surface area contributed by atoms with E-state index in [2.05, 4.69) is 0 Å². The van der Waals surface area contributed by atoms with E-state index in [0.29, 0.717) is 27.5 Å². The second kappa shape index (κ2) is 8.73. The first-order valence-electron chi connectivity index (χ1n) is 9.89. The minimum Gasteiger partial charge on any atom is -0.318 e. The van der Waals surface area contributed by atoms with Crippen LogP contribution in [0.4, 0.5) is 0 Å². The van der Waals surface area contributed by atoms with Crippen molar-refractivity contribution in [1.82, 2.24) is 9.47 Å². The number of imide groups is 1. The molecular formula is C24H21ClN2O3S. The molecule has 0 saturated carbocycles. The van der Waals surface area contributed by atoms with Crippen LogP contribution in [0, 0.1) is 13.8 Å². The summed E-state index contributed by atoms with van der Waals surface area (Å²) in [5.41, 5.74) is 4.38. The molecule has 2 amide bonds. The van der Waals surface area contributed by atoms with E-state index in [1.807, 2.05) is 48.7 Å². The molecule has 0 aliphatic carbocycles. The SMILES string of the molecule is Cc1cc(C(=O)CSCCN2C(=O)c3ccccc3C2=O)c(C)n1-c1ccc(Cl)cc1. The van der Waals surface area contributed by atoms with Gasteiger partial charge in [-0.15, -0.1) is 0 Å². The number of carbonyl (C=O) groups excluding carboxylic acids is 3. The Labute approximate surface area is 190 Å². The predicted octanol–water partition coefficient (Wildman–Crippen LogP) is 4.96. The zero-order valence-corrected chi connectivity index (χ0v) is 18.8. The van der Waals surface area contributed by atoms with Gasteiger partial charge in [0.1, 0.15) is 0 Å². The first kappa shape index (κ1) is 21.4. The maximum atomic E-state index is 12.8. The Morgan fingerprint density at radius 3 is 2.19 bits per heavy atom. The molecule has 0 spiro atoms. The van der Waals surface area contributed by atoms with E-state index < -0.39 is 0 Å². The highest BCUT2D eigenvalue weighted by molar-refractivity contribution is 8.00. The monoisotopic (exact) mass is 452 g/mol. The minimum absolute atomic E-state index is 0.0284. The summed E-state index contributed by atoms with van der Waals surface area (Å²) < 4.78 is 2.03. The summed E-state index contributed by atoms with van der Waals surface area (Å²) >= 11 is 7.41. The molecule has 1 aromatic heterocycles.